The van der Waals surface area contributed by atoms with Crippen molar-refractivity contribution in [1.82, 2.24) is 29.6 Å². The number of benzene rings is 1. The molecule has 9 heteroatoms. The Kier molecular flexibility index (Phi) is 5.13. The van der Waals surface area contributed by atoms with Crippen LogP contribution in [0.25, 0.3) is 5.69 Å². The smallest absolute Gasteiger partial charge is 0.349 e. The maximum atomic E-state index is 12.6. The van der Waals surface area contributed by atoms with Crippen LogP contribution in [0.4, 0.5) is 0 Å². The van der Waals surface area contributed by atoms with Crippen LogP contribution in [-0.4, -0.2) is 30.2 Å². The highest BCUT2D eigenvalue weighted by Crippen LogP contribution is 2.11. The van der Waals surface area contributed by atoms with Gasteiger partial charge < -0.3 is 5.32 Å². The van der Waals surface area contributed by atoms with Crippen molar-refractivity contribution in [3.63, 3.8) is 0 Å². The monoisotopic (exact) mass is 372 g/mol. The van der Waals surface area contributed by atoms with E-state index in [4.69, 9.17) is 11.6 Å². The molecule has 0 aliphatic rings. The van der Waals surface area contributed by atoms with E-state index in [9.17, 15) is 9.59 Å². The van der Waals surface area contributed by atoms with Crippen molar-refractivity contribution in [3.8, 4) is 5.69 Å². The standard InChI is InChI=1S/C17H17ClN6O2/c1-11-7-20-14(8-19-11)9-21-16(25)10-23-12(2)22-24(17(23)26)15-5-3-13(18)4-6-15/h3-8H,9-10H2,1-2H3,(H,21,25). The fraction of sp³-hybridized carbons (Fsp3) is 0.235. The molecule has 0 saturated heterocycles. The summed E-state index contributed by atoms with van der Waals surface area (Å²) in [6, 6.07) is 6.73. The molecule has 2 aromatic heterocycles. The summed E-state index contributed by atoms with van der Waals surface area (Å²) in [5.74, 6) is 0.128. The molecule has 0 spiro atoms. The SMILES string of the molecule is Cc1cnc(CNC(=O)Cn2c(C)nn(-c3ccc(Cl)cc3)c2=O)cn1. The lowest BCUT2D eigenvalue weighted by Gasteiger charge is -2.05. The van der Waals surface area contributed by atoms with Crippen molar-refractivity contribution in [2.45, 2.75) is 26.9 Å². The van der Waals surface area contributed by atoms with Crippen LogP contribution in [0.3, 0.4) is 0 Å². The highest BCUT2D eigenvalue weighted by molar-refractivity contribution is 6.30. The molecule has 0 fully saturated rings. The Hall–Kier alpha value is -3.00. The summed E-state index contributed by atoms with van der Waals surface area (Å²) in [5, 5.41) is 7.50. The Bertz CT molecular complexity index is 976. The minimum absolute atomic E-state index is 0.127. The van der Waals surface area contributed by atoms with Crippen LogP contribution in [0, 0.1) is 13.8 Å². The number of halogens is 1. The molecule has 1 aromatic carbocycles. The van der Waals surface area contributed by atoms with Gasteiger partial charge in [-0.1, -0.05) is 11.6 Å². The molecule has 3 rings (SSSR count). The van der Waals surface area contributed by atoms with Gasteiger partial charge in [-0.2, -0.15) is 9.78 Å². The number of hydrogen-bond donors (Lipinski definition) is 1. The summed E-state index contributed by atoms with van der Waals surface area (Å²) in [6.45, 7) is 3.62. The summed E-state index contributed by atoms with van der Waals surface area (Å²) in [7, 11) is 0. The molecule has 26 heavy (non-hydrogen) atoms. The first kappa shape index (κ1) is 17.8. The topological polar surface area (TPSA) is 94.7 Å². The van der Waals surface area contributed by atoms with Gasteiger partial charge in [0.1, 0.15) is 12.4 Å². The predicted octanol–water partition coefficient (Wildman–Crippen LogP) is 1.41. The molecule has 134 valence electrons. The molecule has 0 bridgehead atoms. The quantitative estimate of drug-likeness (QED) is 0.730. The van der Waals surface area contributed by atoms with Crippen molar-refractivity contribution >= 4 is 17.5 Å². The first-order chi connectivity index (χ1) is 12.4. The predicted molar refractivity (Wildman–Crippen MR) is 96.2 cm³/mol. The first-order valence-corrected chi connectivity index (χ1v) is 8.28. The van der Waals surface area contributed by atoms with Gasteiger partial charge in [-0.3, -0.25) is 19.3 Å². The maximum Gasteiger partial charge on any atom is 0.351 e. The number of nitrogens with one attached hydrogen (secondary N) is 1. The summed E-state index contributed by atoms with van der Waals surface area (Å²) >= 11 is 5.86. The molecular weight excluding hydrogens is 356 g/mol. The fourth-order valence-corrected chi connectivity index (χ4v) is 2.45. The van der Waals surface area contributed by atoms with E-state index in [0.717, 1.165) is 5.69 Å². The lowest BCUT2D eigenvalue weighted by atomic mass is 10.3. The molecule has 0 saturated carbocycles. The number of aryl methyl sites for hydroxylation is 2. The Morgan fingerprint density at radius 2 is 1.88 bits per heavy atom. The average molecular weight is 373 g/mol. The molecule has 0 atom stereocenters. The summed E-state index contributed by atoms with van der Waals surface area (Å²) in [5.41, 5.74) is 1.63. The van der Waals surface area contributed by atoms with Crippen LogP contribution in [-0.2, 0) is 17.9 Å². The zero-order valence-corrected chi connectivity index (χ0v) is 15.1. The number of carbonyl (C=O) groups excluding carboxylic acids is 1. The van der Waals surface area contributed by atoms with Crippen molar-refractivity contribution in [1.29, 1.82) is 0 Å². The first-order valence-electron chi connectivity index (χ1n) is 7.90. The van der Waals surface area contributed by atoms with Crippen LogP contribution in [0.2, 0.25) is 5.02 Å². The van der Waals surface area contributed by atoms with E-state index in [-0.39, 0.29) is 19.0 Å². The summed E-state index contributed by atoms with van der Waals surface area (Å²) in [6.07, 6.45) is 3.23. The molecule has 0 unspecified atom stereocenters. The Morgan fingerprint density at radius 3 is 2.54 bits per heavy atom. The van der Waals surface area contributed by atoms with E-state index in [1.165, 1.54) is 9.25 Å². The largest absolute Gasteiger partial charge is 0.351 e. The fourth-order valence-electron chi connectivity index (χ4n) is 2.33. The molecule has 3 aromatic rings. The van der Waals surface area contributed by atoms with E-state index in [1.54, 1.807) is 43.6 Å². The van der Waals surface area contributed by atoms with E-state index in [0.29, 0.717) is 22.2 Å². The third-order valence-electron chi connectivity index (χ3n) is 3.72. The van der Waals surface area contributed by atoms with Gasteiger partial charge >= 0.3 is 5.69 Å². The molecule has 0 aliphatic carbocycles. The second-order valence-corrected chi connectivity index (χ2v) is 6.17. The van der Waals surface area contributed by atoms with Gasteiger partial charge in [0, 0.05) is 11.2 Å². The van der Waals surface area contributed by atoms with Gasteiger partial charge in [0.05, 0.1) is 29.8 Å². The third-order valence-corrected chi connectivity index (χ3v) is 3.97. The zero-order chi connectivity index (χ0) is 18.7. The van der Waals surface area contributed by atoms with Crippen LogP contribution >= 0.6 is 11.6 Å². The second-order valence-electron chi connectivity index (χ2n) is 5.73. The Balaban J connectivity index is 1.71. The number of hydrogen-bond acceptors (Lipinski definition) is 5. The molecule has 0 radical (unpaired) electrons. The highest BCUT2D eigenvalue weighted by atomic mass is 35.5. The van der Waals surface area contributed by atoms with Crippen molar-refractivity contribution in [3.05, 3.63) is 69.4 Å². The third kappa shape index (κ3) is 3.97. The lowest BCUT2D eigenvalue weighted by Crippen LogP contribution is -2.33. The number of carbonyl (C=O) groups is 1. The van der Waals surface area contributed by atoms with Crippen LogP contribution < -0.4 is 11.0 Å². The summed E-state index contributed by atoms with van der Waals surface area (Å²) < 4.78 is 2.55. The number of rotatable bonds is 5. The normalized spacial score (nSPS) is 10.7. The summed E-state index contributed by atoms with van der Waals surface area (Å²) in [4.78, 5) is 33.0. The van der Waals surface area contributed by atoms with Gasteiger partial charge in [0.25, 0.3) is 0 Å². The molecule has 0 aliphatic heterocycles. The number of aromatic nitrogens is 5. The van der Waals surface area contributed by atoms with Gasteiger partial charge in [-0.05, 0) is 38.1 Å². The van der Waals surface area contributed by atoms with Crippen molar-refractivity contribution in [2.75, 3.05) is 0 Å². The molecule has 8 nitrogen and oxygen atoms in total. The second kappa shape index (κ2) is 7.49. The molecule has 1 N–H and O–H groups in total. The van der Waals surface area contributed by atoms with Gasteiger partial charge in [-0.25, -0.2) is 4.79 Å². The molecule has 1 amide bonds. The van der Waals surface area contributed by atoms with Crippen molar-refractivity contribution in [2.24, 2.45) is 0 Å². The van der Waals surface area contributed by atoms with E-state index in [1.807, 2.05) is 6.92 Å². The number of nitrogens with zero attached hydrogens (tertiary/aromatic N) is 5. The number of amides is 1. The zero-order valence-electron chi connectivity index (χ0n) is 14.3. The van der Waals surface area contributed by atoms with Crippen LogP contribution in [0.5, 0.6) is 0 Å². The molecular formula is C17H17ClN6O2. The molecule has 2 heterocycles. The highest BCUT2D eigenvalue weighted by Gasteiger charge is 2.14. The van der Waals surface area contributed by atoms with E-state index < -0.39 is 5.69 Å². The van der Waals surface area contributed by atoms with Gasteiger partial charge in [0.15, 0.2) is 0 Å². The van der Waals surface area contributed by atoms with Crippen LogP contribution in [0.1, 0.15) is 17.2 Å². The minimum atomic E-state index is -0.393. The lowest BCUT2D eigenvalue weighted by molar-refractivity contribution is -0.121. The van der Waals surface area contributed by atoms with Crippen LogP contribution in [0.15, 0.2) is 41.5 Å². The average Bonchev–Trinajstić information content (AvgIpc) is 2.90. The Labute approximate surface area is 154 Å². The van der Waals surface area contributed by atoms with E-state index >= 15 is 0 Å². The Morgan fingerprint density at radius 1 is 1.15 bits per heavy atom. The van der Waals surface area contributed by atoms with Gasteiger partial charge in [0.2, 0.25) is 5.91 Å². The van der Waals surface area contributed by atoms with Gasteiger partial charge in [-0.15, -0.1) is 0 Å². The van der Waals surface area contributed by atoms with Crippen molar-refractivity contribution < 1.29 is 4.79 Å². The minimum Gasteiger partial charge on any atom is -0.349 e. The van der Waals surface area contributed by atoms with E-state index in [2.05, 4.69) is 20.4 Å². The maximum absolute atomic E-state index is 12.6.